The molecule has 1 aliphatic rings. The Morgan fingerprint density at radius 1 is 1.22 bits per heavy atom. The topological polar surface area (TPSA) is 17.1 Å². The van der Waals surface area contributed by atoms with Crippen LogP contribution in [0.3, 0.4) is 0 Å². The molecule has 1 heteroatoms. The Morgan fingerprint density at radius 3 is 2.61 bits per heavy atom. The molecule has 0 bridgehead atoms. The molecule has 1 fully saturated rings. The van der Waals surface area contributed by atoms with Gasteiger partial charge < -0.3 is 0 Å². The van der Waals surface area contributed by atoms with Crippen LogP contribution in [-0.2, 0) is 4.79 Å². The molecule has 3 unspecified atom stereocenters. The number of rotatable bonds is 8. The van der Waals surface area contributed by atoms with Gasteiger partial charge in [-0.3, -0.25) is 4.79 Å². The predicted molar refractivity (Wildman–Crippen MR) is 78.7 cm³/mol. The fourth-order valence-corrected chi connectivity index (χ4v) is 3.48. The second-order valence-corrected chi connectivity index (χ2v) is 6.24. The lowest BCUT2D eigenvalue weighted by atomic mass is 9.74. The van der Waals surface area contributed by atoms with Gasteiger partial charge in [0.1, 0.15) is 5.78 Å². The van der Waals surface area contributed by atoms with Crippen molar-refractivity contribution < 1.29 is 4.79 Å². The van der Waals surface area contributed by atoms with Gasteiger partial charge in [-0.05, 0) is 31.1 Å². The van der Waals surface area contributed by atoms with Crippen molar-refractivity contribution in [2.45, 2.75) is 85.0 Å². The first kappa shape index (κ1) is 15.7. The number of carbonyl (C=O) groups is 1. The number of unbranched alkanes of at least 4 members (excludes halogenated alkanes) is 1. The van der Waals surface area contributed by atoms with Gasteiger partial charge in [0.25, 0.3) is 0 Å². The second-order valence-electron chi connectivity index (χ2n) is 6.24. The third kappa shape index (κ3) is 5.12. The molecule has 0 N–H and O–H groups in total. The zero-order valence-corrected chi connectivity index (χ0v) is 12.7. The molecule has 1 rings (SSSR count). The van der Waals surface area contributed by atoms with E-state index in [4.69, 9.17) is 0 Å². The molecule has 0 aromatic heterocycles. The van der Waals surface area contributed by atoms with Crippen molar-refractivity contribution in [3.63, 3.8) is 0 Å². The lowest BCUT2D eigenvalue weighted by Gasteiger charge is -2.30. The fraction of sp³-hybridized carbons (Fsp3) is 0.941. The van der Waals surface area contributed by atoms with Crippen LogP contribution in [-0.4, -0.2) is 5.78 Å². The molecular weight excluding hydrogens is 220 g/mol. The summed E-state index contributed by atoms with van der Waals surface area (Å²) in [6, 6.07) is 0. The number of hydrogen-bond acceptors (Lipinski definition) is 1. The van der Waals surface area contributed by atoms with Gasteiger partial charge in [-0.2, -0.15) is 0 Å². The van der Waals surface area contributed by atoms with Crippen molar-refractivity contribution >= 4 is 5.78 Å². The third-order valence-electron chi connectivity index (χ3n) is 4.73. The van der Waals surface area contributed by atoms with E-state index >= 15 is 0 Å². The number of ketones is 1. The van der Waals surface area contributed by atoms with Crippen LogP contribution in [0.2, 0.25) is 0 Å². The molecule has 18 heavy (non-hydrogen) atoms. The summed E-state index contributed by atoms with van der Waals surface area (Å²) in [5, 5.41) is 0. The molecule has 0 saturated heterocycles. The van der Waals surface area contributed by atoms with E-state index in [1.54, 1.807) is 0 Å². The molecule has 106 valence electrons. The fourth-order valence-electron chi connectivity index (χ4n) is 3.48. The third-order valence-corrected chi connectivity index (χ3v) is 4.73. The van der Waals surface area contributed by atoms with E-state index in [1.165, 1.54) is 51.4 Å². The Labute approximate surface area is 114 Å². The van der Waals surface area contributed by atoms with Crippen LogP contribution in [0.5, 0.6) is 0 Å². The van der Waals surface area contributed by atoms with Crippen LogP contribution in [0.15, 0.2) is 0 Å². The average molecular weight is 252 g/mol. The molecule has 0 aromatic carbocycles. The van der Waals surface area contributed by atoms with Gasteiger partial charge in [-0.1, -0.05) is 59.3 Å². The SMILES string of the molecule is CCCCC(CC)CC1CC(CCC)CCC1=O. The molecule has 0 aromatic rings. The van der Waals surface area contributed by atoms with Crippen LogP contribution < -0.4 is 0 Å². The summed E-state index contributed by atoms with van der Waals surface area (Å²) in [6.45, 7) is 6.81. The Bertz CT molecular complexity index is 234. The minimum absolute atomic E-state index is 0.400. The summed E-state index contributed by atoms with van der Waals surface area (Å²) < 4.78 is 0. The van der Waals surface area contributed by atoms with E-state index in [0.29, 0.717) is 11.7 Å². The van der Waals surface area contributed by atoms with E-state index in [2.05, 4.69) is 20.8 Å². The zero-order valence-electron chi connectivity index (χ0n) is 12.7. The van der Waals surface area contributed by atoms with Gasteiger partial charge >= 0.3 is 0 Å². The second kappa shape index (κ2) is 8.72. The van der Waals surface area contributed by atoms with Crippen molar-refractivity contribution in [3.05, 3.63) is 0 Å². The quantitative estimate of drug-likeness (QED) is 0.567. The van der Waals surface area contributed by atoms with Gasteiger partial charge in [0, 0.05) is 12.3 Å². The maximum atomic E-state index is 12.1. The summed E-state index contributed by atoms with van der Waals surface area (Å²) in [6.07, 6.45) is 12.2. The Kier molecular flexibility index (Phi) is 7.62. The molecule has 1 nitrogen and oxygen atoms in total. The number of carbonyl (C=O) groups excluding carboxylic acids is 1. The van der Waals surface area contributed by atoms with E-state index in [0.717, 1.165) is 24.7 Å². The highest BCUT2D eigenvalue weighted by molar-refractivity contribution is 5.81. The Morgan fingerprint density at radius 2 is 2.00 bits per heavy atom. The van der Waals surface area contributed by atoms with E-state index < -0.39 is 0 Å². The van der Waals surface area contributed by atoms with Gasteiger partial charge in [0.2, 0.25) is 0 Å². The van der Waals surface area contributed by atoms with Crippen molar-refractivity contribution in [1.29, 1.82) is 0 Å². The number of Topliss-reactive ketones (excluding diaryl/α,β-unsaturated/α-hetero) is 1. The van der Waals surface area contributed by atoms with Crippen LogP contribution in [0, 0.1) is 17.8 Å². The normalized spacial score (nSPS) is 26.3. The molecule has 0 spiro atoms. The summed E-state index contributed by atoms with van der Waals surface area (Å²) in [5.41, 5.74) is 0. The van der Waals surface area contributed by atoms with E-state index in [-0.39, 0.29) is 0 Å². The van der Waals surface area contributed by atoms with Gasteiger partial charge in [-0.25, -0.2) is 0 Å². The van der Waals surface area contributed by atoms with Crippen LogP contribution in [0.25, 0.3) is 0 Å². The van der Waals surface area contributed by atoms with E-state index in [9.17, 15) is 4.79 Å². The van der Waals surface area contributed by atoms with Gasteiger partial charge in [0.15, 0.2) is 0 Å². The van der Waals surface area contributed by atoms with Crippen LogP contribution >= 0.6 is 0 Å². The molecule has 1 aliphatic carbocycles. The smallest absolute Gasteiger partial charge is 0.136 e. The summed E-state index contributed by atoms with van der Waals surface area (Å²) in [5.74, 6) is 2.59. The molecular formula is C17H32O. The number of hydrogen-bond donors (Lipinski definition) is 0. The maximum absolute atomic E-state index is 12.1. The first-order valence-corrected chi connectivity index (χ1v) is 8.23. The molecule has 3 atom stereocenters. The maximum Gasteiger partial charge on any atom is 0.136 e. The predicted octanol–water partition coefficient (Wildman–Crippen LogP) is 5.38. The van der Waals surface area contributed by atoms with Crippen molar-refractivity contribution in [2.24, 2.45) is 17.8 Å². The van der Waals surface area contributed by atoms with Crippen molar-refractivity contribution in [2.75, 3.05) is 0 Å². The molecule has 0 radical (unpaired) electrons. The molecule has 1 saturated carbocycles. The lowest BCUT2D eigenvalue weighted by molar-refractivity contribution is -0.126. The first-order valence-electron chi connectivity index (χ1n) is 8.23. The van der Waals surface area contributed by atoms with Crippen LogP contribution in [0.4, 0.5) is 0 Å². The minimum atomic E-state index is 0.400. The molecule has 0 heterocycles. The summed E-state index contributed by atoms with van der Waals surface area (Å²) >= 11 is 0. The standard InChI is InChI=1S/C17H32O/c1-4-7-9-14(6-3)12-16-13-15(8-5-2)10-11-17(16)18/h14-16H,4-13H2,1-3H3. The summed E-state index contributed by atoms with van der Waals surface area (Å²) in [7, 11) is 0. The molecule has 0 aliphatic heterocycles. The zero-order chi connectivity index (χ0) is 13.4. The van der Waals surface area contributed by atoms with Gasteiger partial charge in [-0.15, -0.1) is 0 Å². The summed E-state index contributed by atoms with van der Waals surface area (Å²) in [4.78, 5) is 12.1. The lowest BCUT2D eigenvalue weighted by Crippen LogP contribution is -2.26. The highest BCUT2D eigenvalue weighted by atomic mass is 16.1. The van der Waals surface area contributed by atoms with Crippen molar-refractivity contribution in [1.82, 2.24) is 0 Å². The van der Waals surface area contributed by atoms with E-state index in [1.807, 2.05) is 0 Å². The minimum Gasteiger partial charge on any atom is -0.299 e. The van der Waals surface area contributed by atoms with Crippen LogP contribution in [0.1, 0.15) is 85.0 Å². The first-order chi connectivity index (χ1) is 8.71. The monoisotopic (exact) mass is 252 g/mol. The largest absolute Gasteiger partial charge is 0.299 e. The highest BCUT2D eigenvalue weighted by Gasteiger charge is 2.29. The molecule has 0 amide bonds. The highest BCUT2D eigenvalue weighted by Crippen LogP contribution is 2.34. The average Bonchev–Trinajstić information content (AvgIpc) is 2.38. The van der Waals surface area contributed by atoms with Gasteiger partial charge in [0.05, 0.1) is 0 Å². The van der Waals surface area contributed by atoms with Crippen molar-refractivity contribution in [3.8, 4) is 0 Å². The Hall–Kier alpha value is -0.330. The Balaban J connectivity index is 2.43.